The SMILES string of the molecule is CC(C)OC1(C(=O)O)CCS(=O)(=O)C1C. The van der Waals surface area contributed by atoms with Gasteiger partial charge in [-0.25, -0.2) is 13.2 Å². The van der Waals surface area contributed by atoms with Gasteiger partial charge in [-0.2, -0.15) is 0 Å². The lowest BCUT2D eigenvalue weighted by atomic mass is 9.97. The fraction of sp³-hybridized carbons (Fsp3) is 0.889. The van der Waals surface area contributed by atoms with E-state index >= 15 is 0 Å². The molecule has 0 aromatic rings. The van der Waals surface area contributed by atoms with E-state index in [4.69, 9.17) is 9.84 Å². The first-order valence-electron chi connectivity index (χ1n) is 4.85. The predicted molar refractivity (Wildman–Crippen MR) is 54.5 cm³/mol. The van der Waals surface area contributed by atoms with E-state index in [9.17, 15) is 13.2 Å². The smallest absolute Gasteiger partial charge is 0.337 e. The van der Waals surface area contributed by atoms with Gasteiger partial charge in [-0.1, -0.05) is 0 Å². The number of hydrogen-bond acceptors (Lipinski definition) is 4. The zero-order chi connectivity index (χ0) is 11.9. The van der Waals surface area contributed by atoms with Crippen molar-refractivity contribution in [2.24, 2.45) is 0 Å². The number of rotatable bonds is 3. The van der Waals surface area contributed by atoms with Crippen LogP contribution in [0.2, 0.25) is 0 Å². The number of aliphatic carboxylic acids is 1. The Hall–Kier alpha value is -0.620. The molecule has 6 heteroatoms. The van der Waals surface area contributed by atoms with Crippen LogP contribution < -0.4 is 0 Å². The summed E-state index contributed by atoms with van der Waals surface area (Å²) in [7, 11) is -3.33. The second kappa shape index (κ2) is 3.75. The second-order valence-corrected chi connectivity index (χ2v) is 6.56. The zero-order valence-corrected chi connectivity index (χ0v) is 9.87. The van der Waals surface area contributed by atoms with Crippen molar-refractivity contribution in [3.63, 3.8) is 0 Å². The lowest BCUT2D eigenvalue weighted by Crippen LogP contribution is -2.49. The molecule has 0 radical (unpaired) electrons. The van der Waals surface area contributed by atoms with E-state index in [2.05, 4.69) is 0 Å². The van der Waals surface area contributed by atoms with Crippen molar-refractivity contribution in [1.82, 2.24) is 0 Å². The average Bonchev–Trinajstić information content (AvgIpc) is 2.29. The van der Waals surface area contributed by atoms with Gasteiger partial charge in [-0.15, -0.1) is 0 Å². The number of carboxylic acids is 1. The molecule has 0 amide bonds. The molecule has 1 rings (SSSR count). The van der Waals surface area contributed by atoms with Crippen LogP contribution in [0.5, 0.6) is 0 Å². The molecule has 1 aliphatic heterocycles. The van der Waals surface area contributed by atoms with Gasteiger partial charge in [0, 0.05) is 6.42 Å². The Morgan fingerprint density at radius 2 is 2.07 bits per heavy atom. The number of carbonyl (C=O) groups is 1. The van der Waals surface area contributed by atoms with Gasteiger partial charge in [0.1, 0.15) is 0 Å². The van der Waals surface area contributed by atoms with Crippen LogP contribution >= 0.6 is 0 Å². The molecule has 0 aromatic heterocycles. The minimum Gasteiger partial charge on any atom is -0.479 e. The summed E-state index contributed by atoms with van der Waals surface area (Å²) in [5.41, 5.74) is -1.56. The lowest BCUT2D eigenvalue weighted by Gasteiger charge is -2.29. The van der Waals surface area contributed by atoms with E-state index in [1.807, 2.05) is 0 Å². The molecule has 88 valence electrons. The summed E-state index contributed by atoms with van der Waals surface area (Å²) in [5.74, 6) is -1.31. The quantitative estimate of drug-likeness (QED) is 0.769. The number of hydrogen-bond donors (Lipinski definition) is 1. The topological polar surface area (TPSA) is 80.7 Å². The Morgan fingerprint density at radius 1 is 1.53 bits per heavy atom. The van der Waals surface area contributed by atoms with E-state index in [1.54, 1.807) is 13.8 Å². The molecule has 1 saturated heterocycles. The highest BCUT2D eigenvalue weighted by Gasteiger charge is 2.56. The number of sulfone groups is 1. The molecular weight excluding hydrogens is 220 g/mol. The standard InChI is InChI=1S/C9H16O5S/c1-6(2)14-9(8(10)11)4-5-15(12,13)7(9)3/h6-7H,4-5H2,1-3H3,(H,10,11). The lowest BCUT2D eigenvalue weighted by molar-refractivity contribution is -0.170. The van der Waals surface area contributed by atoms with Gasteiger partial charge < -0.3 is 9.84 Å². The highest BCUT2D eigenvalue weighted by Crippen LogP contribution is 2.35. The molecule has 1 aliphatic rings. The first-order valence-corrected chi connectivity index (χ1v) is 6.56. The summed E-state index contributed by atoms with van der Waals surface area (Å²) in [6.07, 6.45) is -0.277. The van der Waals surface area contributed by atoms with Crippen LogP contribution in [0.1, 0.15) is 27.2 Å². The highest BCUT2D eigenvalue weighted by atomic mass is 32.2. The van der Waals surface area contributed by atoms with Gasteiger partial charge in [-0.05, 0) is 20.8 Å². The maximum Gasteiger partial charge on any atom is 0.337 e. The summed E-state index contributed by atoms with van der Waals surface area (Å²) < 4.78 is 28.4. The van der Waals surface area contributed by atoms with Gasteiger partial charge in [0.25, 0.3) is 0 Å². The Morgan fingerprint density at radius 3 is 2.33 bits per heavy atom. The third-order valence-corrected chi connectivity index (χ3v) is 4.99. The monoisotopic (exact) mass is 236 g/mol. The summed E-state index contributed by atoms with van der Waals surface area (Å²) in [6.45, 7) is 4.80. The maximum atomic E-state index is 11.5. The molecule has 0 spiro atoms. The molecule has 1 N–H and O–H groups in total. The molecular formula is C9H16O5S. The summed E-state index contributed by atoms with van der Waals surface area (Å²) in [4.78, 5) is 11.2. The summed E-state index contributed by atoms with van der Waals surface area (Å²) in [6, 6.07) is 0. The minimum absolute atomic E-state index is 0.0318. The van der Waals surface area contributed by atoms with Gasteiger partial charge in [-0.3, -0.25) is 0 Å². The van der Waals surface area contributed by atoms with Gasteiger partial charge in [0.15, 0.2) is 15.4 Å². The van der Waals surface area contributed by atoms with Gasteiger partial charge >= 0.3 is 5.97 Å². The fourth-order valence-electron chi connectivity index (χ4n) is 1.87. The normalized spacial score (nSPS) is 34.5. The van der Waals surface area contributed by atoms with Crippen molar-refractivity contribution in [2.45, 2.75) is 44.1 Å². The predicted octanol–water partition coefficient (Wildman–Crippen LogP) is 0.442. The number of ether oxygens (including phenoxy) is 1. The highest BCUT2D eigenvalue weighted by molar-refractivity contribution is 7.92. The molecule has 0 saturated carbocycles. The first-order chi connectivity index (χ1) is 6.72. The average molecular weight is 236 g/mol. The molecule has 0 aromatic carbocycles. The summed E-state index contributed by atoms with van der Waals surface area (Å²) in [5, 5.41) is 8.14. The maximum absolute atomic E-state index is 11.5. The molecule has 1 heterocycles. The van der Waals surface area contributed by atoms with Crippen LogP contribution in [-0.4, -0.2) is 42.2 Å². The first kappa shape index (κ1) is 12.4. The Kier molecular flexibility index (Phi) is 3.11. The molecule has 2 atom stereocenters. The Balaban J connectivity index is 3.10. The van der Waals surface area contributed by atoms with E-state index in [0.29, 0.717) is 0 Å². The van der Waals surface area contributed by atoms with E-state index < -0.39 is 26.7 Å². The van der Waals surface area contributed by atoms with Crippen LogP contribution in [0.15, 0.2) is 0 Å². The van der Waals surface area contributed by atoms with Gasteiger partial charge in [0.05, 0.1) is 17.1 Å². The van der Waals surface area contributed by atoms with Crippen molar-refractivity contribution in [1.29, 1.82) is 0 Å². The molecule has 2 unspecified atom stereocenters. The zero-order valence-electron chi connectivity index (χ0n) is 9.06. The Labute approximate surface area is 89.3 Å². The van der Waals surface area contributed by atoms with Crippen molar-refractivity contribution >= 4 is 15.8 Å². The van der Waals surface area contributed by atoms with E-state index in [0.717, 1.165) is 0 Å². The van der Waals surface area contributed by atoms with Crippen LogP contribution in [0.25, 0.3) is 0 Å². The van der Waals surface area contributed by atoms with Crippen LogP contribution in [-0.2, 0) is 19.4 Å². The third kappa shape index (κ3) is 2.01. The minimum atomic E-state index is -3.33. The van der Waals surface area contributed by atoms with Gasteiger partial charge in [0.2, 0.25) is 0 Å². The molecule has 0 bridgehead atoms. The third-order valence-electron chi connectivity index (χ3n) is 2.76. The van der Waals surface area contributed by atoms with Crippen LogP contribution in [0, 0.1) is 0 Å². The second-order valence-electron chi connectivity index (χ2n) is 4.12. The Bertz CT molecular complexity index is 359. The molecule has 1 fully saturated rings. The van der Waals surface area contributed by atoms with Crippen molar-refractivity contribution in [2.75, 3.05) is 5.75 Å². The van der Waals surface area contributed by atoms with Crippen LogP contribution in [0.3, 0.4) is 0 Å². The molecule has 0 aliphatic carbocycles. The largest absolute Gasteiger partial charge is 0.479 e. The van der Waals surface area contributed by atoms with Crippen molar-refractivity contribution in [3.05, 3.63) is 0 Å². The number of carboxylic acid groups (broad SMARTS) is 1. The summed E-state index contributed by atoms with van der Waals surface area (Å²) >= 11 is 0. The van der Waals surface area contributed by atoms with Crippen LogP contribution in [0.4, 0.5) is 0 Å². The fourth-order valence-corrected chi connectivity index (χ4v) is 3.67. The molecule has 15 heavy (non-hydrogen) atoms. The van der Waals surface area contributed by atoms with E-state index in [-0.39, 0.29) is 18.3 Å². The van der Waals surface area contributed by atoms with Crippen molar-refractivity contribution in [3.8, 4) is 0 Å². The van der Waals surface area contributed by atoms with E-state index in [1.165, 1.54) is 6.92 Å². The van der Waals surface area contributed by atoms with Crippen molar-refractivity contribution < 1.29 is 23.1 Å². The molecule has 5 nitrogen and oxygen atoms in total.